The summed E-state index contributed by atoms with van der Waals surface area (Å²) in [5, 5.41) is 10.7. The molecule has 1 aromatic rings. The fourth-order valence-corrected chi connectivity index (χ4v) is 2.07. The predicted molar refractivity (Wildman–Crippen MR) is 66.6 cm³/mol. The molecule has 1 N–H and O–H groups in total. The van der Waals surface area contributed by atoms with Crippen LogP contribution in [-0.2, 0) is 5.60 Å². The normalized spacial score (nSPS) is 16.6. The van der Waals surface area contributed by atoms with Gasteiger partial charge >= 0.3 is 0 Å². The van der Waals surface area contributed by atoms with E-state index in [0.717, 1.165) is 24.2 Å². The van der Waals surface area contributed by atoms with Gasteiger partial charge < -0.3 is 9.84 Å². The minimum atomic E-state index is -0.747. The molecule has 2 nitrogen and oxygen atoms in total. The van der Waals surface area contributed by atoms with Crippen LogP contribution in [0, 0.1) is 5.92 Å². The molecule has 0 saturated heterocycles. The first kappa shape index (κ1) is 13.0. The standard InChI is InChI=1S/C14H22O2/c1-5-11(3)14(15,6-2)12-8-7-9-13(10-12)16-4/h7-11,15H,5-6H2,1-4H3/t11-,14+/m0/s1. The van der Waals surface area contributed by atoms with Crippen LogP contribution in [0.2, 0.25) is 0 Å². The molecule has 1 rings (SSSR count). The summed E-state index contributed by atoms with van der Waals surface area (Å²) in [6.07, 6.45) is 1.68. The first-order chi connectivity index (χ1) is 7.58. The van der Waals surface area contributed by atoms with Crippen LogP contribution in [0.1, 0.15) is 39.2 Å². The predicted octanol–water partition coefficient (Wildman–Crippen LogP) is 3.34. The van der Waals surface area contributed by atoms with Gasteiger partial charge in [-0.15, -0.1) is 0 Å². The Bertz CT molecular complexity index is 335. The van der Waals surface area contributed by atoms with Crippen LogP contribution < -0.4 is 4.74 Å². The van der Waals surface area contributed by atoms with Crippen molar-refractivity contribution in [3.63, 3.8) is 0 Å². The molecule has 0 saturated carbocycles. The molecule has 0 bridgehead atoms. The zero-order valence-corrected chi connectivity index (χ0v) is 10.7. The molecule has 0 aromatic heterocycles. The van der Waals surface area contributed by atoms with Gasteiger partial charge in [-0.1, -0.05) is 39.3 Å². The SMILES string of the molecule is CC[C@H](C)[C@](O)(CC)c1cccc(OC)c1. The Labute approximate surface area is 98.3 Å². The van der Waals surface area contributed by atoms with Gasteiger partial charge in [-0.3, -0.25) is 0 Å². The molecular formula is C14H22O2. The molecule has 0 unspecified atom stereocenters. The lowest BCUT2D eigenvalue weighted by atomic mass is 9.79. The van der Waals surface area contributed by atoms with Crippen LogP contribution in [0.5, 0.6) is 5.75 Å². The number of ether oxygens (including phenoxy) is 1. The fraction of sp³-hybridized carbons (Fsp3) is 0.571. The summed E-state index contributed by atoms with van der Waals surface area (Å²) in [4.78, 5) is 0. The summed E-state index contributed by atoms with van der Waals surface area (Å²) in [7, 11) is 1.65. The van der Waals surface area contributed by atoms with Crippen molar-refractivity contribution < 1.29 is 9.84 Å². The van der Waals surface area contributed by atoms with Gasteiger partial charge in [0.2, 0.25) is 0 Å². The lowest BCUT2D eigenvalue weighted by Crippen LogP contribution is -2.32. The van der Waals surface area contributed by atoms with Gasteiger partial charge in [-0.05, 0) is 30.0 Å². The van der Waals surface area contributed by atoms with E-state index in [2.05, 4.69) is 13.8 Å². The van der Waals surface area contributed by atoms with Crippen molar-refractivity contribution in [3.8, 4) is 5.75 Å². The molecule has 90 valence electrons. The van der Waals surface area contributed by atoms with Crippen LogP contribution in [0.4, 0.5) is 0 Å². The number of rotatable bonds is 5. The lowest BCUT2D eigenvalue weighted by Gasteiger charge is -2.33. The number of hydrogen-bond donors (Lipinski definition) is 1. The third-order valence-corrected chi connectivity index (χ3v) is 3.54. The molecule has 0 spiro atoms. The highest BCUT2D eigenvalue weighted by Gasteiger charge is 2.32. The van der Waals surface area contributed by atoms with Crippen LogP contribution in [0.3, 0.4) is 0 Å². The molecule has 0 aliphatic carbocycles. The largest absolute Gasteiger partial charge is 0.497 e. The maximum atomic E-state index is 10.7. The first-order valence-corrected chi connectivity index (χ1v) is 5.95. The van der Waals surface area contributed by atoms with E-state index in [-0.39, 0.29) is 5.92 Å². The van der Waals surface area contributed by atoms with Crippen molar-refractivity contribution in [2.45, 2.75) is 39.2 Å². The highest BCUT2D eigenvalue weighted by molar-refractivity contribution is 5.32. The Hall–Kier alpha value is -1.02. The van der Waals surface area contributed by atoms with E-state index < -0.39 is 5.60 Å². The van der Waals surface area contributed by atoms with E-state index in [4.69, 9.17) is 4.74 Å². The van der Waals surface area contributed by atoms with Crippen molar-refractivity contribution in [1.82, 2.24) is 0 Å². The molecule has 2 heteroatoms. The Morgan fingerprint density at radius 2 is 2.06 bits per heavy atom. The fourth-order valence-electron chi connectivity index (χ4n) is 2.07. The van der Waals surface area contributed by atoms with E-state index in [1.54, 1.807) is 7.11 Å². The second kappa shape index (κ2) is 5.35. The summed E-state index contributed by atoms with van der Waals surface area (Å²) in [5.41, 5.74) is 0.201. The number of methoxy groups -OCH3 is 1. The maximum Gasteiger partial charge on any atom is 0.119 e. The minimum Gasteiger partial charge on any atom is -0.497 e. The molecular weight excluding hydrogens is 200 g/mol. The van der Waals surface area contributed by atoms with Crippen molar-refractivity contribution in [2.24, 2.45) is 5.92 Å². The summed E-state index contributed by atoms with van der Waals surface area (Å²) in [5.74, 6) is 1.04. The van der Waals surface area contributed by atoms with Crippen LogP contribution in [0.15, 0.2) is 24.3 Å². The molecule has 0 aliphatic heterocycles. The first-order valence-electron chi connectivity index (χ1n) is 5.95. The topological polar surface area (TPSA) is 29.5 Å². The molecule has 0 aliphatic rings. The summed E-state index contributed by atoms with van der Waals surface area (Å²) >= 11 is 0. The Balaban J connectivity index is 3.11. The Morgan fingerprint density at radius 1 is 1.38 bits per heavy atom. The highest BCUT2D eigenvalue weighted by atomic mass is 16.5. The van der Waals surface area contributed by atoms with Crippen molar-refractivity contribution >= 4 is 0 Å². The summed E-state index contributed by atoms with van der Waals surface area (Å²) < 4.78 is 5.20. The molecule has 0 heterocycles. The maximum absolute atomic E-state index is 10.7. The molecule has 2 atom stereocenters. The van der Waals surface area contributed by atoms with Crippen molar-refractivity contribution in [1.29, 1.82) is 0 Å². The summed E-state index contributed by atoms with van der Waals surface area (Å²) in [6.45, 7) is 6.21. The zero-order chi connectivity index (χ0) is 12.2. The third kappa shape index (κ3) is 2.38. The van der Waals surface area contributed by atoms with Gasteiger partial charge in [0, 0.05) is 0 Å². The average molecular weight is 222 g/mol. The van der Waals surface area contributed by atoms with E-state index in [1.807, 2.05) is 31.2 Å². The molecule has 0 amide bonds. The van der Waals surface area contributed by atoms with Gasteiger partial charge in [0.05, 0.1) is 12.7 Å². The zero-order valence-electron chi connectivity index (χ0n) is 10.7. The second-order valence-electron chi connectivity index (χ2n) is 4.32. The van der Waals surface area contributed by atoms with Crippen LogP contribution >= 0.6 is 0 Å². The van der Waals surface area contributed by atoms with Gasteiger partial charge in [0.15, 0.2) is 0 Å². The number of benzene rings is 1. The van der Waals surface area contributed by atoms with E-state index in [0.29, 0.717) is 0 Å². The molecule has 0 radical (unpaired) electrons. The third-order valence-electron chi connectivity index (χ3n) is 3.54. The van der Waals surface area contributed by atoms with E-state index in [9.17, 15) is 5.11 Å². The highest BCUT2D eigenvalue weighted by Crippen LogP contribution is 2.36. The molecule has 16 heavy (non-hydrogen) atoms. The number of hydrogen-bond acceptors (Lipinski definition) is 2. The lowest BCUT2D eigenvalue weighted by molar-refractivity contribution is -0.0226. The summed E-state index contributed by atoms with van der Waals surface area (Å²) in [6, 6.07) is 7.72. The Kier molecular flexibility index (Phi) is 4.36. The quantitative estimate of drug-likeness (QED) is 0.828. The molecule has 1 aromatic carbocycles. The minimum absolute atomic E-state index is 0.240. The average Bonchev–Trinajstić information content (AvgIpc) is 2.36. The Morgan fingerprint density at radius 3 is 2.56 bits per heavy atom. The van der Waals surface area contributed by atoms with Gasteiger partial charge in [0.25, 0.3) is 0 Å². The molecule has 0 fully saturated rings. The number of aliphatic hydroxyl groups is 1. The monoisotopic (exact) mass is 222 g/mol. The van der Waals surface area contributed by atoms with E-state index in [1.165, 1.54) is 0 Å². The van der Waals surface area contributed by atoms with Crippen LogP contribution in [0.25, 0.3) is 0 Å². The van der Waals surface area contributed by atoms with Gasteiger partial charge in [-0.25, -0.2) is 0 Å². The van der Waals surface area contributed by atoms with Crippen LogP contribution in [-0.4, -0.2) is 12.2 Å². The van der Waals surface area contributed by atoms with Gasteiger partial charge in [-0.2, -0.15) is 0 Å². The van der Waals surface area contributed by atoms with Crippen molar-refractivity contribution in [3.05, 3.63) is 29.8 Å². The second-order valence-corrected chi connectivity index (χ2v) is 4.32. The van der Waals surface area contributed by atoms with Gasteiger partial charge in [0.1, 0.15) is 5.75 Å². The van der Waals surface area contributed by atoms with Crippen molar-refractivity contribution in [2.75, 3.05) is 7.11 Å². The van der Waals surface area contributed by atoms with E-state index >= 15 is 0 Å². The smallest absolute Gasteiger partial charge is 0.119 e.